The van der Waals surface area contributed by atoms with Gasteiger partial charge in [-0.15, -0.1) is 0 Å². The van der Waals surface area contributed by atoms with Crippen LogP contribution in [0, 0.1) is 5.92 Å². The molecule has 0 saturated heterocycles. The average Bonchev–Trinajstić information content (AvgIpc) is 3.33. The van der Waals surface area contributed by atoms with E-state index in [1.807, 2.05) is 46.0 Å². The molecular weight excluding hydrogens is 304 g/mol. The van der Waals surface area contributed by atoms with E-state index in [9.17, 15) is 5.11 Å². The van der Waals surface area contributed by atoms with Gasteiger partial charge in [0.1, 0.15) is 5.82 Å². The van der Waals surface area contributed by atoms with Crippen LogP contribution in [0.5, 0.6) is 0 Å². The number of rotatable bonds is 5. The molecular formula is C17H20N6O. The van der Waals surface area contributed by atoms with Gasteiger partial charge in [-0.1, -0.05) is 0 Å². The van der Waals surface area contributed by atoms with Crippen molar-refractivity contribution in [1.82, 2.24) is 24.3 Å². The van der Waals surface area contributed by atoms with Crippen LogP contribution in [0.15, 0.2) is 55.4 Å². The third kappa shape index (κ3) is 3.16. The molecule has 1 aliphatic rings. The minimum Gasteiger partial charge on any atom is -0.391 e. The summed E-state index contributed by atoms with van der Waals surface area (Å²) in [5.41, 5.74) is 0. The average molecular weight is 324 g/mol. The summed E-state index contributed by atoms with van der Waals surface area (Å²) >= 11 is 0. The SMILES string of the molecule is O[C@@H]1CC(Cn2cccn2)C[C@H]1Nc1cnc(-n2cccc2)cn1. The van der Waals surface area contributed by atoms with E-state index >= 15 is 0 Å². The van der Waals surface area contributed by atoms with Gasteiger partial charge in [0.25, 0.3) is 0 Å². The Bertz CT molecular complexity index is 753. The van der Waals surface area contributed by atoms with Gasteiger partial charge >= 0.3 is 0 Å². The third-order valence-electron chi connectivity index (χ3n) is 4.47. The molecule has 0 amide bonds. The van der Waals surface area contributed by atoms with Crippen molar-refractivity contribution >= 4 is 5.82 Å². The van der Waals surface area contributed by atoms with Crippen molar-refractivity contribution in [3.05, 3.63) is 55.4 Å². The van der Waals surface area contributed by atoms with Gasteiger partial charge in [0.2, 0.25) is 0 Å². The highest BCUT2D eigenvalue weighted by atomic mass is 16.3. The minimum absolute atomic E-state index is 0.00251. The smallest absolute Gasteiger partial charge is 0.155 e. The van der Waals surface area contributed by atoms with Crippen molar-refractivity contribution in [3.8, 4) is 5.82 Å². The lowest BCUT2D eigenvalue weighted by molar-refractivity contribution is 0.166. The maximum absolute atomic E-state index is 10.3. The Morgan fingerprint density at radius 2 is 1.96 bits per heavy atom. The molecule has 1 saturated carbocycles. The maximum Gasteiger partial charge on any atom is 0.155 e. The van der Waals surface area contributed by atoms with E-state index in [2.05, 4.69) is 20.4 Å². The monoisotopic (exact) mass is 324 g/mol. The summed E-state index contributed by atoms with van der Waals surface area (Å²) in [5, 5.41) is 17.9. The first-order chi connectivity index (χ1) is 11.8. The predicted molar refractivity (Wildman–Crippen MR) is 89.7 cm³/mol. The van der Waals surface area contributed by atoms with Gasteiger partial charge in [-0.05, 0) is 37.0 Å². The molecule has 3 atom stereocenters. The zero-order valence-electron chi connectivity index (χ0n) is 13.2. The van der Waals surface area contributed by atoms with Gasteiger partial charge in [-0.2, -0.15) is 5.10 Å². The highest BCUT2D eigenvalue weighted by Gasteiger charge is 2.33. The van der Waals surface area contributed by atoms with Crippen molar-refractivity contribution in [3.63, 3.8) is 0 Å². The Morgan fingerprint density at radius 1 is 1.08 bits per heavy atom. The minimum atomic E-state index is -0.378. The fraction of sp³-hybridized carbons (Fsp3) is 0.353. The van der Waals surface area contributed by atoms with Crippen LogP contribution in [-0.4, -0.2) is 41.6 Å². The van der Waals surface area contributed by atoms with Gasteiger partial charge < -0.3 is 15.0 Å². The van der Waals surface area contributed by atoms with Gasteiger partial charge in [0.05, 0.1) is 24.5 Å². The van der Waals surface area contributed by atoms with E-state index in [0.717, 1.165) is 25.2 Å². The van der Waals surface area contributed by atoms with E-state index in [1.165, 1.54) is 0 Å². The van der Waals surface area contributed by atoms with Crippen molar-refractivity contribution in [2.45, 2.75) is 31.5 Å². The summed E-state index contributed by atoms with van der Waals surface area (Å²) in [6, 6.07) is 5.81. The fourth-order valence-electron chi connectivity index (χ4n) is 3.30. The van der Waals surface area contributed by atoms with Crippen LogP contribution in [0.4, 0.5) is 5.82 Å². The van der Waals surface area contributed by atoms with Gasteiger partial charge in [0.15, 0.2) is 5.82 Å². The number of anilines is 1. The molecule has 3 aromatic heterocycles. The summed E-state index contributed by atoms with van der Waals surface area (Å²) in [5.74, 6) is 1.87. The maximum atomic E-state index is 10.3. The van der Waals surface area contributed by atoms with Crippen LogP contribution < -0.4 is 5.32 Å². The highest BCUT2D eigenvalue weighted by Crippen LogP contribution is 2.29. The lowest BCUT2D eigenvalue weighted by Crippen LogP contribution is -2.28. The molecule has 1 fully saturated rings. The van der Waals surface area contributed by atoms with Crippen molar-refractivity contribution in [1.29, 1.82) is 0 Å². The van der Waals surface area contributed by atoms with Crippen molar-refractivity contribution in [2.75, 3.05) is 5.32 Å². The largest absolute Gasteiger partial charge is 0.391 e. The van der Waals surface area contributed by atoms with E-state index in [1.54, 1.807) is 18.6 Å². The molecule has 24 heavy (non-hydrogen) atoms. The molecule has 4 rings (SSSR count). The van der Waals surface area contributed by atoms with E-state index < -0.39 is 0 Å². The molecule has 7 heteroatoms. The first kappa shape index (κ1) is 14.9. The molecule has 1 aliphatic carbocycles. The van der Waals surface area contributed by atoms with Gasteiger partial charge in [0, 0.05) is 31.3 Å². The van der Waals surface area contributed by atoms with Crippen LogP contribution >= 0.6 is 0 Å². The number of nitrogens with one attached hydrogen (secondary N) is 1. The van der Waals surface area contributed by atoms with Crippen LogP contribution in [0.1, 0.15) is 12.8 Å². The fourth-order valence-corrected chi connectivity index (χ4v) is 3.30. The standard InChI is InChI=1S/C17H20N6O/c24-15-9-13(12-23-7-3-4-20-23)8-14(15)21-16-10-19-17(11-18-16)22-5-1-2-6-22/h1-7,10-11,13-15,24H,8-9,12H2,(H,18,21)/t13?,14-,15-/m1/s1. The summed E-state index contributed by atoms with van der Waals surface area (Å²) in [6.45, 7) is 0.834. The zero-order chi connectivity index (χ0) is 16.4. The summed E-state index contributed by atoms with van der Waals surface area (Å²) in [4.78, 5) is 8.82. The zero-order valence-corrected chi connectivity index (χ0v) is 13.2. The molecule has 3 aromatic rings. The topological polar surface area (TPSA) is 80.8 Å². The van der Waals surface area contributed by atoms with E-state index in [4.69, 9.17) is 0 Å². The number of aliphatic hydroxyl groups is 1. The van der Waals surface area contributed by atoms with E-state index in [-0.39, 0.29) is 12.1 Å². The molecule has 7 nitrogen and oxygen atoms in total. The molecule has 124 valence electrons. The molecule has 2 N–H and O–H groups in total. The van der Waals surface area contributed by atoms with Crippen molar-refractivity contribution < 1.29 is 5.11 Å². The number of aliphatic hydroxyl groups excluding tert-OH is 1. The molecule has 1 unspecified atom stereocenters. The quantitative estimate of drug-likeness (QED) is 0.747. The lowest BCUT2D eigenvalue weighted by atomic mass is 10.1. The molecule has 0 spiro atoms. The number of nitrogens with zero attached hydrogens (tertiary/aromatic N) is 5. The molecule has 0 aliphatic heterocycles. The number of aromatic nitrogens is 5. The first-order valence-corrected chi connectivity index (χ1v) is 8.15. The Labute approximate surface area is 140 Å². The Hall–Kier alpha value is -2.67. The second kappa shape index (κ2) is 6.45. The normalized spacial score (nSPS) is 23.5. The molecule has 0 bridgehead atoms. The van der Waals surface area contributed by atoms with E-state index in [0.29, 0.717) is 11.7 Å². The second-order valence-electron chi connectivity index (χ2n) is 6.23. The second-order valence-corrected chi connectivity index (χ2v) is 6.23. The predicted octanol–water partition coefficient (Wildman–Crippen LogP) is 1.72. The molecule has 3 heterocycles. The molecule has 0 aromatic carbocycles. The third-order valence-corrected chi connectivity index (χ3v) is 4.47. The Kier molecular flexibility index (Phi) is 4.00. The highest BCUT2D eigenvalue weighted by molar-refractivity contribution is 5.36. The Balaban J connectivity index is 1.38. The van der Waals surface area contributed by atoms with Gasteiger partial charge in [-0.3, -0.25) is 4.68 Å². The number of hydrogen-bond acceptors (Lipinski definition) is 5. The van der Waals surface area contributed by atoms with Crippen LogP contribution in [0.2, 0.25) is 0 Å². The Morgan fingerprint density at radius 3 is 2.67 bits per heavy atom. The summed E-state index contributed by atoms with van der Waals surface area (Å²) in [6.07, 6.45) is 12.3. The van der Waals surface area contributed by atoms with Crippen molar-refractivity contribution in [2.24, 2.45) is 5.92 Å². The lowest BCUT2D eigenvalue weighted by Gasteiger charge is -2.17. The van der Waals surface area contributed by atoms with Crippen LogP contribution in [0.25, 0.3) is 5.82 Å². The van der Waals surface area contributed by atoms with Crippen LogP contribution in [0.3, 0.4) is 0 Å². The molecule has 0 radical (unpaired) electrons. The summed E-state index contributed by atoms with van der Waals surface area (Å²) < 4.78 is 3.83. The number of hydrogen-bond donors (Lipinski definition) is 2. The van der Waals surface area contributed by atoms with Crippen LogP contribution in [-0.2, 0) is 6.54 Å². The summed E-state index contributed by atoms with van der Waals surface area (Å²) in [7, 11) is 0. The van der Waals surface area contributed by atoms with Gasteiger partial charge in [-0.25, -0.2) is 9.97 Å². The first-order valence-electron chi connectivity index (χ1n) is 8.15.